The van der Waals surface area contributed by atoms with Crippen LogP contribution in [0.15, 0.2) is 30.3 Å². The zero-order valence-electron chi connectivity index (χ0n) is 18.4. The summed E-state index contributed by atoms with van der Waals surface area (Å²) in [6, 6.07) is 6.42. The van der Waals surface area contributed by atoms with Gasteiger partial charge in [-0.3, -0.25) is 9.69 Å². The van der Waals surface area contributed by atoms with Crippen molar-refractivity contribution in [2.75, 3.05) is 19.3 Å². The molecular formula is C23H24ClF3N2O4S. The minimum absolute atomic E-state index is 0.0242. The number of amides is 1. The second kappa shape index (κ2) is 9.75. The van der Waals surface area contributed by atoms with E-state index in [0.29, 0.717) is 24.2 Å². The van der Waals surface area contributed by atoms with Crippen LogP contribution >= 0.6 is 11.6 Å². The molecule has 2 atom stereocenters. The predicted molar refractivity (Wildman–Crippen MR) is 121 cm³/mol. The van der Waals surface area contributed by atoms with Crippen molar-refractivity contribution in [2.45, 2.75) is 44.0 Å². The third-order valence-electron chi connectivity index (χ3n) is 5.89. The molecule has 2 fully saturated rings. The first-order valence-electron chi connectivity index (χ1n) is 10.8. The summed E-state index contributed by atoms with van der Waals surface area (Å²) in [6.07, 6.45) is 0.419. The number of rotatable bonds is 7. The Morgan fingerprint density at radius 2 is 1.94 bits per heavy atom. The maximum absolute atomic E-state index is 14.8. The third-order valence-corrected chi connectivity index (χ3v) is 6.80. The predicted octanol–water partition coefficient (Wildman–Crippen LogP) is 4.18. The maximum Gasteiger partial charge on any atom is 0.267 e. The summed E-state index contributed by atoms with van der Waals surface area (Å²) in [7, 11) is -3.87. The number of hydrogen-bond acceptors (Lipinski definition) is 5. The van der Waals surface area contributed by atoms with Gasteiger partial charge in [0.25, 0.3) is 5.91 Å². The van der Waals surface area contributed by atoms with Crippen molar-refractivity contribution >= 4 is 27.5 Å². The first kappa shape index (κ1) is 24.8. The molecule has 2 aliphatic rings. The molecule has 2 aromatic carbocycles. The molecule has 1 aliphatic heterocycles. The average molecular weight is 517 g/mol. The van der Waals surface area contributed by atoms with Gasteiger partial charge in [0.1, 0.15) is 29.7 Å². The smallest absolute Gasteiger partial charge is 0.267 e. The molecule has 4 rings (SSSR count). The summed E-state index contributed by atoms with van der Waals surface area (Å²) in [6.45, 7) is 1.03. The maximum atomic E-state index is 14.8. The van der Waals surface area contributed by atoms with Crippen molar-refractivity contribution < 1.29 is 31.1 Å². The van der Waals surface area contributed by atoms with Crippen LogP contribution < -0.4 is 9.46 Å². The van der Waals surface area contributed by atoms with E-state index < -0.39 is 45.4 Å². The van der Waals surface area contributed by atoms with Gasteiger partial charge in [-0.1, -0.05) is 17.7 Å². The zero-order chi connectivity index (χ0) is 24.6. The summed E-state index contributed by atoms with van der Waals surface area (Å²) in [5.41, 5.74) is 0.837. The van der Waals surface area contributed by atoms with Crippen molar-refractivity contribution in [1.29, 1.82) is 0 Å². The summed E-state index contributed by atoms with van der Waals surface area (Å²) in [5, 5.41) is 0.279. The van der Waals surface area contributed by atoms with Crippen LogP contribution in [0.3, 0.4) is 0 Å². The van der Waals surface area contributed by atoms with Crippen LogP contribution in [-0.2, 0) is 16.6 Å². The van der Waals surface area contributed by atoms with Crippen molar-refractivity contribution in [3.05, 3.63) is 63.7 Å². The second-order valence-corrected chi connectivity index (χ2v) is 10.9. The number of sulfonamides is 1. The largest absolute Gasteiger partial charge is 0.486 e. The summed E-state index contributed by atoms with van der Waals surface area (Å²) < 4.78 is 73.3. The molecule has 0 spiro atoms. The van der Waals surface area contributed by atoms with E-state index in [4.69, 9.17) is 16.3 Å². The molecule has 0 aromatic heterocycles. The molecule has 6 nitrogen and oxygen atoms in total. The van der Waals surface area contributed by atoms with Gasteiger partial charge < -0.3 is 4.74 Å². The number of carbonyl (C=O) groups is 1. The minimum Gasteiger partial charge on any atom is -0.486 e. The molecule has 1 saturated carbocycles. The van der Waals surface area contributed by atoms with Gasteiger partial charge in [0.15, 0.2) is 0 Å². The lowest BCUT2D eigenvalue weighted by molar-refractivity contribution is 0.0160. The van der Waals surface area contributed by atoms with E-state index in [2.05, 4.69) is 0 Å². The van der Waals surface area contributed by atoms with Crippen LogP contribution in [0.25, 0.3) is 0 Å². The van der Waals surface area contributed by atoms with Gasteiger partial charge in [-0.2, -0.15) is 0 Å². The summed E-state index contributed by atoms with van der Waals surface area (Å²) in [4.78, 5) is 14.2. The molecule has 184 valence electrons. The molecule has 1 saturated heterocycles. The Balaban J connectivity index is 1.53. The number of nitrogens with zero attached hydrogens (tertiary/aromatic N) is 1. The Bertz CT molecular complexity index is 1210. The molecular weight excluding hydrogens is 493 g/mol. The lowest BCUT2D eigenvalue weighted by Gasteiger charge is -2.35. The van der Waals surface area contributed by atoms with Gasteiger partial charge in [-0.15, -0.1) is 0 Å². The highest BCUT2D eigenvalue weighted by Crippen LogP contribution is 2.45. The normalized spacial score (nSPS) is 21.3. The molecule has 2 aromatic rings. The van der Waals surface area contributed by atoms with Gasteiger partial charge in [-0.25, -0.2) is 26.3 Å². The van der Waals surface area contributed by atoms with E-state index in [1.54, 1.807) is 10.8 Å². The highest BCUT2D eigenvalue weighted by atomic mass is 35.5. The number of halogens is 4. The Morgan fingerprint density at radius 3 is 2.59 bits per heavy atom. The zero-order valence-corrected chi connectivity index (χ0v) is 19.9. The monoisotopic (exact) mass is 516 g/mol. The SMILES string of the molecule is CS(=O)(=O)NC(=O)c1cc(C2CC2)c(OC2CN(Cc3ccc(F)cc3Cl)CCC2F)cc1F. The molecule has 2 unspecified atom stereocenters. The molecule has 0 bridgehead atoms. The minimum atomic E-state index is -3.87. The fourth-order valence-corrected chi connectivity index (χ4v) is 4.72. The van der Waals surface area contributed by atoms with Crippen molar-refractivity contribution in [2.24, 2.45) is 0 Å². The van der Waals surface area contributed by atoms with Gasteiger partial charge in [0.2, 0.25) is 10.0 Å². The number of ether oxygens (including phenoxy) is 1. The standard InChI is InChI=1S/C23H24ClF3N2O4S/c1-34(31,32)28-23(30)17-9-16(13-2-3-13)21(10-20(17)27)33-22-12-29(7-6-19(22)26)11-14-4-5-15(25)8-18(14)24/h4-5,8-10,13,19,22H,2-3,6-7,11-12H2,1H3,(H,28,30). The number of benzene rings is 2. The van der Waals surface area contributed by atoms with E-state index in [9.17, 15) is 26.4 Å². The average Bonchev–Trinajstić information content (AvgIpc) is 3.56. The molecule has 1 N–H and O–H groups in total. The van der Waals surface area contributed by atoms with Gasteiger partial charge in [0, 0.05) is 30.7 Å². The first-order valence-corrected chi connectivity index (χ1v) is 13.1. The van der Waals surface area contributed by atoms with Gasteiger partial charge >= 0.3 is 0 Å². The van der Waals surface area contributed by atoms with Crippen LogP contribution in [0.2, 0.25) is 5.02 Å². The van der Waals surface area contributed by atoms with Crippen LogP contribution in [0.1, 0.15) is 46.7 Å². The molecule has 34 heavy (non-hydrogen) atoms. The lowest BCUT2D eigenvalue weighted by Crippen LogP contribution is -2.47. The quantitative estimate of drug-likeness (QED) is 0.597. The Kier molecular flexibility index (Phi) is 7.12. The van der Waals surface area contributed by atoms with E-state index in [1.807, 2.05) is 4.90 Å². The van der Waals surface area contributed by atoms with Crippen LogP contribution in [0, 0.1) is 11.6 Å². The number of alkyl halides is 1. The number of piperidine rings is 1. The van der Waals surface area contributed by atoms with Crippen molar-refractivity contribution in [1.82, 2.24) is 9.62 Å². The third kappa shape index (κ3) is 6.03. The van der Waals surface area contributed by atoms with Crippen molar-refractivity contribution in [3.63, 3.8) is 0 Å². The summed E-state index contributed by atoms with van der Waals surface area (Å²) >= 11 is 6.12. The topological polar surface area (TPSA) is 75.7 Å². The van der Waals surface area contributed by atoms with E-state index in [-0.39, 0.29) is 29.7 Å². The van der Waals surface area contributed by atoms with Crippen LogP contribution in [-0.4, -0.2) is 50.8 Å². The highest BCUT2D eigenvalue weighted by Gasteiger charge is 2.35. The van der Waals surface area contributed by atoms with Crippen LogP contribution in [0.5, 0.6) is 5.75 Å². The first-order chi connectivity index (χ1) is 16.0. The summed E-state index contributed by atoms with van der Waals surface area (Å²) in [5.74, 6) is -2.30. The fraction of sp³-hybridized carbons (Fsp3) is 0.435. The number of hydrogen-bond donors (Lipinski definition) is 1. The molecule has 11 heteroatoms. The van der Waals surface area contributed by atoms with Crippen molar-refractivity contribution in [3.8, 4) is 5.75 Å². The Hall–Kier alpha value is -2.30. The Labute approximate surface area is 201 Å². The molecule has 1 heterocycles. The molecule has 0 radical (unpaired) electrons. The number of likely N-dealkylation sites (tertiary alicyclic amines) is 1. The van der Waals surface area contributed by atoms with E-state index in [1.165, 1.54) is 18.2 Å². The highest BCUT2D eigenvalue weighted by molar-refractivity contribution is 7.89. The van der Waals surface area contributed by atoms with E-state index >= 15 is 0 Å². The number of nitrogens with one attached hydrogen (secondary N) is 1. The molecule has 1 amide bonds. The molecule has 1 aliphatic carbocycles. The second-order valence-electron chi connectivity index (χ2n) is 8.78. The van der Waals surface area contributed by atoms with E-state index in [0.717, 1.165) is 25.2 Å². The van der Waals surface area contributed by atoms with Gasteiger partial charge in [-0.05, 0) is 54.5 Å². The van der Waals surface area contributed by atoms with Gasteiger partial charge in [0.05, 0.1) is 11.8 Å². The van der Waals surface area contributed by atoms with Crippen LogP contribution in [0.4, 0.5) is 13.2 Å². The fourth-order valence-electron chi connectivity index (χ4n) is 4.05. The Morgan fingerprint density at radius 1 is 1.21 bits per heavy atom. The number of carbonyl (C=O) groups excluding carboxylic acids is 1. The lowest BCUT2D eigenvalue weighted by atomic mass is 10.0.